The number of aromatic nitrogens is 1. The van der Waals surface area contributed by atoms with E-state index in [9.17, 15) is 4.79 Å². The van der Waals surface area contributed by atoms with E-state index in [1.807, 2.05) is 12.1 Å². The van der Waals surface area contributed by atoms with Crippen LogP contribution in [0.5, 0.6) is 0 Å². The van der Waals surface area contributed by atoms with Crippen LogP contribution in [-0.4, -0.2) is 10.9 Å². The first-order valence-corrected chi connectivity index (χ1v) is 6.61. The van der Waals surface area contributed by atoms with Gasteiger partial charge in [0.1, 0.15) is 5.15 Å². The molecule has 0 aliphatic rings. The van der Waals surface area contributed by atoms with E-state index in [1.54, 1.807) is 31.2 Å². The summed E-state index contributed by atoms with van der Waals surface area (Å²) in [6, 6.07) is 10.5. The second kappa shape index (κ2) is 6.04. The van der Waals surface area contributed by atoms with Gasteiger partial charge in [-0.3, -0.25) is 4.79 Å². The lowest BCUT2D eigenvalue weighted by Gasteiger charge is -2.08. The molecule has 2 aromatic rings. The van der Waals surface area contributed by atoms with Crippen LogP contribution < -0.4 is 5.32 Å². The SMILES string of the molecule is Cc1nc(Cl)ccc1NC(=O)c1ccc(CCl)cc1. The van der Waals surface area contributed by atoms with Gasteiger partial charge >= 0.3 is 0 Å². The molecule has 0 bridgehead atoms. The maximum Gasteiger partial charge on any atom is 0.255 e. The zero-order chi connectivity index (χ0) is 13.8. The summed E-state index contributed by atoms with van der Waals surface area (Å²) in [6.07, 6.45) is 0. The molecule has 2 rings (SSSR count). The Morgan fingerprint density at radius 3 is 2.47 bits per heavy atom. The zero-order valence-corrected chi connectivity index (χ0v) is 11.8. The van der Waals surface area contributed by atoms with E-state index < -0.39 is 0 Å². The first-order valence-electron chi connectivity index (χ1n) is 5.69. The number of nitrogens with one attached hydrogen (secondary N) is 1. The highest BCUT2D eigenvalue weighted by Gasteiger charge is 2.08. The number of pyridine rings is 1. The Morgan fingerprint density at radius 2 is 1.89 bits per heavy atom. The van der Waals surface area contributed by atoms with Crippen molar-refractivity contribution in [3.05, 3.63) is 58.4 Å². The highest BCUT2D eigenvalue weighted by Crippen LogP contribution is 2.17. The first kappa shape index (κ1) is 13.8. The molecule has 0 saturated carbocycles. The maximum absolute atomic E-state index is 12.0. The Bertz CT molecular complexity index is 597. The Labute approximate surface area is 121 Å². The number of halogens is 2. The molecule has 0 spiro atoms. The lowest BCUT2D eigenvalue weighted by molar-refractivity contribution is 0.102. The predicted molar refractivity (Wildman–Crippen MR) is 77.9 cm³/mol. The van der Waals surface area contributed by atoms with Crippen molar-refractivity contribution in [3.8, 4) is 0 Å². The molecule has 0 fully saturated rings. The number of aryl methyl sites for hydroxylation is 1. The van der Waals surface area contributed by atoms with E-state index >= 15 is 0 Å². The molecule has 1 N–H and O–H groups in total. The van der Waals surface area contributed by atoms with Crippen LogP contribution in [0, 0.1) is 6.92 Å². The van der Waals surface area contributed by atoms with Crippen molar-refractivity contribution >= 4 is 34.8 Å². The molecule has 0 aliphatic heterocycles. The van der Waals surface area contributed by atoms with Crippen molar-refractivity contribution < 1.29 is 4.79 Å². The van der Waals surface area contributed by atoms with Crippen molar-refractivity contribution in [2.75, 3.05) is 5.32 Å². The molecular formula is C14H12Cl2N2O. The second-order valence-corrected chi connectivity index (χ2v) is 4.71. The molecule has 0 saturated heterocycles. The second-order valence-electron chi connectivity index (χ2n) is 4.05. The van der Waals surface area contributed by atoms with E-state index in [0.717, 1.165) is 5.56 Å². The van der Waals surface area contributed by atoms with Gasteiger partial charge in [0.05, 0.1) is 11.4 Å². The number of anilines is 1. The van der Waals surface area contributed by atoms with E-state index in [-0.39, 0.29) is 5.91 Å². The van der Waals surface area contributed by atoms with E-state index in [4.69, 9.17) is 23.2 Å². The summed E-state index contributed by atoms with van der Waals surface area (Å²) >= 11 is 11.5. The van der Waals surface area contributed by atoms with E-state index in [1.165, 1.54) is 0 Å². The molecule has 0 aliphatic carbocycles. The molecule has 19 heavy (non-hydrogen) atoms. The average molecular weight is 295 g/mol. The van der Waals surface area contributed by atoms with Crippen LogP contribution in [0.4, 0.5) is 5.69 Å². The number of carbonyl (C=O) groups excluding carboxylic acids is 1. The van der Waals surface area contributed by atoms with E-state index in [0.29, 0.717) is 28.0 Å². The third-order valence-corrected chi connectivity index (χ3v) is 3.19. The quantitative estimate of drug-likeness (QED) is 0.686. The maximum atomic E-state index is 12.0. The summed E-state index contributed by atoms with van der Waals surface area (Å²) < 4.78 is 0. The number of rotatable bonds is 3. The number of amides is 1. The number of hydrogen-bond donors (Lipinski definition) is 1. The summed E-state index contributed by atoms with van der Waals surface area (Å²) in [7, 11) is 0. The molecular weight excluding hydrogens is 283 g/mol. The van der Waals surface area contributed by atoms with Crippen molar-refractivity contribution in [1.82, 2.24) is 4.98 Å². The van der Waals surface area contributed by atoms with Gasteiger partial charge in [-0.15, -0.1) is 11.6 Å². The summed E-state index contributed by atoms with van der Waals surface area (Å²) in [5, 5.41) is 3.20. The minimum Gasteiger partial charge on any atom is -0.320 e. The van der Waals surface area contributed by atoms with Crippen LogP contribution in [0.25, 0.3) is 0 Å². The van der Waals surface area contributed by atoms with Gasteiger partial charge in [-0.25, -0.2) is 4.98 Å². The van der Waals surface area contributed by atoms with Gasteiger partial charge in [-0.2, -0.15) is 0 Å². The Hall–Kier alpha value is -1.58. The Morgan fingerprint density at radius 1 is 1.21 bits per heavy atom. The fourth-order valence-electron chi connectivity index (χ4n) is 1.60. The van der Waals surface area contributed by atoms with Crippen LogP contribution in [0.2, 0.25) is 5.15 Å². The average Bonchev–Trinajstić information content (AvgIpc) is 2.42. The van der Waals surface area contributed by atoms with Gasteiger partial charge in [-0.05, 0) is 36.8 Å². The van der Waals surface area contributed by atoms with Gasteiger partial charge in [0, 0.05) is 11.4 Å². The molecule has 1 amide bonds. The number of alkyl halides is 1. The molecule has 1 aromatic carbocycles. The smallest absolute Gasteiger partial charge is 0.255 e. The standard InChI is InChI=1S/C14H12Cl2N2O/c1-9-12(6-7-13(16)17-9)18-14(19)11-4-2-10(8-15)3-5-11/h2-7H,8H2,1H3,(H,18,19). The van der Waals surface area contributed by atoms with Gasteiger partial charge in [0.2, 0.25) is 0 Å². The Balaban J connectivity index is 2.15. The molecule has 1 heterocycles. The predicted octanol–water partition coefficient (Wildman–Crippen LogP) is 4.03. The van der Waals surface area contributed by atoms with Crippen LogP contribution >= 0.6 is 23.2 Å². The topological polar surface area (TPSA) is 42.0 Å². The van der Waals surface area contributed by atoms with Crippen LogP contribution in [0.15, 0.2) is 36.4 Å². The normalized spacial score (nSPS) is 10.3. The molecule has 0 atom stereocenters. The molecule has 5 heteroatoms. The van der Waals surface area contributed by atoms with Gasteiger partial charge in [0.15, 0.2) is 0 Å². The fraction of sp³-hybridized carbons (Fsp3) is 0.143. The molecule has 0 radical (unpaired) electrons. The third kappa shape index (κ3) is 3.46. The van der Waals surface area contributed by atoms with Crippen molar-refractivity contribution in [3.63, 3.8) is 0 Å². The molecule has 0 unspecified atom stereocenters. The summed E-state index contributed by atoms with van der Waals surface area (Å²) in [5.41, 5.74) is 2.87. The Kier molecular flexibility index (Phi) is 4.40. The summed E-state index contributed by atoms with van der Waals surface area (Å²) in [5.74, 6) is 0.246. The summed E-state index contributed by atoms with van der Waals surface area (Å²) in [4.78, 5) is 16.1. The largest absolute Gasteiger partial charge is 0.320 e. The van der Waals surface area contributed by atoms with Gasteiger partial charge < -0.3 is 5.32 Å². The zero-order valence-electron chi connectivity index (χ0n) is 10.3. The van der Waals surface area contributed by atoms with Gasteiger partial charge in [0.25, 0.3) is 5.91 Å². The third-order valence-electron chi connectivity index (χ3n) is 2.67. The number of nitrogens with zero attached hydrogens (tertiary/aromatic N) is 1. The number of hydrogen-bond acceptors (Lipinski definition) is 2. The molecule has 3 nitrogen and oxygen atoms in total. The lowest BCUT2D eigenvalue weighted by atomic mass is 10.1. The first-order chi connectivity index (χ1) is 9.10. The minimum absolute atomic E-state index is 0.187. The number of carbonyl (C=O) groups is 1. The number of benzene rings is 1. The minimum atomic E-state index is -0.187. The van der Waals surface area contributed by atoms with Crippen molar-refractivity contribution in [1.29, 1.82) is 0 Å². The highest BCUT2D eigenvalue weighted by molar-refractivity contribution is 6.29. The van der Waals surface area contributed by atoms with Crippen LogP contribution in [0.1, 0.15) is 21.6 Å². The van der Waals surface area contributed by atoms with E-state index in [2.05, 4.69) is 10.3 Å². The molecule has 98 valence electrons. The van der Waals surface area contributed by atoms with Crippen molar-refractivity contribution in [2.24, 2.45) is 0 Å². The van der Waals surface area contributed by atoms with Crippen molar-refractivity contribution in [2.45, 2.75) is 12.8 Å². The van der Waals surface area contributed by atoms with Gasteiger partial charge in [-0.1, -0.05) is 23.7 Å². The fourth-order valence-corrected chi connectivity index (χ4v) is 1.97. The summed E-state index contributed by atoms with van der Waals surface area (Å²) in [6.45, 7) is 1.79. The molecule has 1 aromatic heterocycles. The highest BCUT2D eigenvalue weighted by atomic mass is 35.5. The monoisotopic (exact) mass is 294 g/mol. The van der Waals surface area contributed by atoms with Crippen LogP contribution in [-0.2, 0) is 5.88 Å². The lowest BCUT2D eigenvalue weighted by Crippen LogP contribution is -2.13. The van der Waals surface area contributed by atoms with Crippen LogP contribution in [0.3, 0.4) is 0 Å².